The third-order valence-corrected chi connectivity index (χ3v) is 7.96. The van der Waals surface area contributed by atoms with Crippen molar-refractivity contribution in [2.75, 3.05) is 0 Å². The maximum absolute atomic E-state index is 13.3. The van der Waals surface area contributed by atoms with Gasteiger partial charge >= 0.3 is 0 Å². The smallest absolute Gasteiger partial charge is 0.270 e. The topological polar surface area (TPSA) is 93.8 Å². The van der Waals surface area contributed by atoms with Gasteiger partial charge in [-0.2, -0.15) is 0 Å². The predicted molar refractivity (Wildman–Crippen MR) is 118 cm³/mol. The minimum atomic E-state index is -0.450. The fourth-order valence-corrected chi connectivity index (χ4v) is 6.62. The zero-order valence-electron chi connectivity index (χ0n) is 18.6. The molecule has 1 amide bonds. The van der Waals surface area contributed by atoms with Crippen molar-refractivity contribution in [3.8, 4) is 11.5 Å². The Morgan fingerprint density at radius 2 is 2.06 bits per heavy atom. The molecule has 170 valence electrons. The molecule has 3 heterocycles. The number of pyridine rings is 2. The second-order valence-electron chi connectivity index (χ2n) is 10.1. The number of aryl methyl sites for hydroxylation is 1. The van der Waals surface area contributed by atoms with Crippen molar-refractivity contribution in [2.24, 2.45) is 11.8 Å². The van der Waals surface area contributed by atoms with Crippen molar-refractivity contribution in [1.82, 2.24) is 25.5 Å². The number of nitrogens with zero attached hydrogens (tertiary/aromatic N) is 4. The second-order valence-corrected chi connectivity index (χ2v) is 10.1. The lowest BCUT2D eigenvalue weighted by atomic mass is 9.69. The highest BCUT2D eigenvalue weighted by molar-refractivity contribution is 5.92. The third kappa shape index (κ3) is 3.43. The van der Waals surface area contributed by atoms with Gasteiger partial charge in [-0.25, -0.2) is 9.37 Å². The Morgan fingerprint density at radius 1 is 1.15 bits per heavy atom. The van der Waals surface area contributed by atoms with E-state index in [9.17, 15) is 9.18 Å². The molecule has 1 N–H and O–H groups in total. The Balaban J connectivity index is 1.32. The predicted octanol–water partition coefficient (Wildman–Crippen LogP) is 4.38. The third-order valence-electron chi connectivity index (χ3n) is 7.96. The molecule has 3 bridgehead atoms. The molecule has 3 fully saturated rings. The molecule has 3 aliphatic carbocycles. The first-order valence-electron chi connectivity index (χ1n) is 11.7. The zero-order valence-corrected chi connectivity index (χ0v) is 18.6. The van der Waals surface area contributed by atoms with Gasteiger partial charge in [-0.3, -0.25) is 9.78 Å². The van der Waals surface area contributed by atoms with Gasteiger partial charge in [-0.1, -0.05) is 12.8 Å². The van der Waals surface area contributed by atoms with Crippen LogP contribution in [0.1, 0.15) is 67.0 Å². The van der Waals surface area contributed by atoms with Gasteiger partial charge in [0.25, 0.3) is 5.91 Å². The van der Waals surface area contributed by atoms with Gasteiger partial charge in [0.05, 0.1) is 17.2 Å². The number of halogens is 1. The number of amides is 1. The molecule has 0 aliphatic heterocycles. The standard InChI is InChI=1S/C25H26FN5O2/c1-15-4-5-17(12-27-15)22-30-31-23(33-22)24-10-16-3-2-8-25(14-24,18(9-16)11-24)29-21(32)20-7-6-19(26)13-28-20/h4-7,12-13,16,18H,2-3,8-11,14H2,1H3,(H,29,32). The molecule has 6 rings (SSSR count). The molecule has 33 heavy (non-hydrogen) atoms. The van der Waals surface area contributed by atoms with Crippen LogP contribution in [0.4, 0.5) is 4.39 Å². The van der Waals surface area contributed by atoms with Gasteiger partial charge in [0.1, 0.15) is 11.5 Å². The largest absolute Gasteiger partial charge is 0.420 e. The summed E-state index contributed by atoms with van der Waals surface area (Å²) in [6, 6.07) is 6.60. The molecule has 4 unspecified atom stereocenters. The van der Waals surface area contributed by atoms with Gasteiger partial charge in [0, 0.05) is 17.4 Å². The quantitative estimate of drug-likeness (QED) is 0.638. The maximum Gasteiger partial charge on any atom is 0.270 e. The molecule has 0 aromatic carbocycles. The van der Waals surface area contributed by atoms with Crippen LogP contribution < -0.4 is 5.32 Å². The van der Waals surface area contributed by atoms with Crippen molar-refractivity contribution >= 4 is 5.91 Å². The van der Waals surface area contributed by atoms with E-state index in [1.807, 2.05) is 19.1 Å². The minimum absolute atomic E-state index is 0.235. The fourth-order valence-electron chi connectivity index (χ4n) is 6.62. The Morgan fingerprint density at radius 3 is 2.85 bits per heavy atom. The summed E-state index contributed by atoms with van der Waals surface area (Å²) in [5.74, 6) is 1.40. The fraction of sp³-hybridized carbons (Fsp3) is 0.480. The molecule has 8 heteroatoms. The summed E-state index contributed by atoms with van der Waals surface area (Å²) in [6.45, 7) is 1.94. The molecule has 3 aromatic heterocycles. The van der Waals surface area contributed by atoms with Crippen LogP contribution >= 0.6 is 0 Å². The average Bonchev–Trinajstić information content (AvgIpc) is 3.34. The highest BCUT2D eigenvalue weighted by Gasteiger charge is 2.62. The van der Waals surface area contributed by atoms with Crippen LogP contribution in [0.5, 0.6) is 0 Å². The van der Waals surface area contributed by atoms with Crippen LogP contribution in [0.3, 0.4) is 0 Å². The first-order chi connectivity index (χ1) is 15.9. The van der Waals surface area contributed by atoms with Crippen molar-refractivity contribution in [1.29, 1.82) is 0 Å². The normalized spacial score (nSPS) is 30.2. The minimum Gasteiger partial charge on any atom is -0.420 e. The van der Waals surface area contributed by atoms with Crippen LogP contribution in [0.25, 0.3) is 11.5 Å². The number of carbonyl (C=O) groups excluding carboxylic acids is 1. The van der Waals surface area contributed by atoms with E-state index in [2.05, 4.69) is 25.5 Å². The van der Waals surface area contributed by atoms with E-state index in [0.717, 1.165) is 62.4 Å². The Labute approximate surface area is 191 Å². The molecule has 3 aliphatic rings. The van der Waals surface area contributed by atoms with Crippen LogP contribution in [0.15, 0.2) is 41.1 Å². The molecule has 3 saturated carbocycles. The van der Waals surface area contributed by atoms with E-state index in [4.69, 9.17) is 4.42 Å². The second kappa shape index (κ2) is 7.43. The van der Waals surface area contributed by atoms with E-state index in [1.54, 1.807) is 6.20 Å². The monoisotopic (exact) mass is 447 g/mol. The van der Waals surface area contributed by atoms with E-state index in [0.29, 0.717) is 23.6 Å². The Kier molecular flexibility index (Phi) is 4.61. The van der Waals surface area contributed by atoms with Gasteiger partial charge < -0.3 is 9.73 Å². The van der Waals surface area contributed by atoms with E-state index in [1.165, 1.54) is 12.1 Å². The van der Waals surface area contributed by atoms with Gasteiger partial charge in [-0.05, 0) is 75.1 Å². The molecular formula is C25H26FN5O2. The number of hydrogen-bond donors (Lipinski definition) is 1. The number of carbonyl (C=O) groups is 1. The number of rotatable bonds is 4. The number of aromatic nitrogens is 4. The number of hydrogen-bond acceptors (Lipinski definition) is 6. The van der Waals surface area contributed by atoms with Crippen molar-refractivity contribution in [3.63, 3.8) is 0 Å². The molecule has 0 radical (unpaired) electrons. The zero-order chi connectivity index (χ0) is 22.6. The van der Waals surface area contributed by atoms with Gasteiger partial charge in [0.2, 0.25) is 11.8 Å². The molecule has 0 spiro atoms. The molecule has 3 aromatic rings. The van der Waals surface area contributed by atoms with Crippen LogP contribution in [-0.4, -0.2) is 31.6 Å². The summed E-state index contributed by atoms with van der Waals surface area (Å²) in [5, 5.41) is 12.2. The summed E-state index contributed by atoms with van der Waals surface area (Å²) >= 11 is 0. The summed E-state index contributed by atoms with van der Waals surface area (Å²) < 4.78 is 19.5. The summed E-state index contributed by atoms with van der Waals surface area (Å²) in [6.07, 6.45) is 9.80. The maximum atomic E-state index is 13.3. The molecule has 7 nitrogen and oxygen atoms in total. The van der Waals surface area contributed by atoms with Gasteiger partial charge in [0.15, 0.2) is 0 Å². The summed E-state index contributed by atoms with van der Waals surface area (Å²) in [4.78, 5) is 21.4. The van der Waals surface area contributed by atoms with Crippen LogP contribution in [-0.2, 0) is 5.41 Å². The molecule has 0 saturated heterocycles. The lowest BCUT2D eigenvalue weighted by Crippen LogP contribution is -2.51. The highest BCUT2D eigenvalue weighted by Crippen LogP contribution is 2.62. The van der Waals surface area contributed by atoms with Gasteiger partial charge in [-0.15, -0.1) is 10.2 Å². The molecular weight excluding hydrogens is 421 g/mol. The summed E-state index contributed by atoms with van der Waals surface area (Å²) in [5.41, 5.74) is 1.42. The van der Waals surface area contributed by atoms with Crippen molar-refractivity contribution in [3.05, 3.63) is 59.8 Å². The Bertz CT molecular complexity index is 1190. The lowest BCUT2D eigenvalue weighted by Gasteiger charge is -2.35. The first-order valence-corrected chi connectivity index (χ1v) is 11.7. The van der Waals surface area contributed by atoms with Crippen LogP contribution in [0, 0.1) is 24.6 Å². The van der Waals surface area contributed by atoms with E-state index < -0.39 is 5.82 Å². The number of nitrogens with one attached hydrogen (secondary N) is 1. The highest BCUT2D eigenvalue weighted by atomic mass is 19.1. The Hall–Kier alpha value is -3.16. The van der Waals surface area contributed by atoms with Crippen molar-refractivity contribution < 1.29 is 13.6 Å². The van der Waals surface area contributed by atoms with E-state index in [-0.39, 0.29) is 22.6 Å². The first kappa shape index (κ1) is 20.4. The lowest BCUT2D eigenvalue weighted by molar-refractivity contribution is 0.0856. The van der Waals surface area contributed by atoms with E-state index >= 15 is 0 Å². The summed E-state index contributed by atoms with van der Waals surface area (Å²) in [7, 11) is 0. The number of fused-ring (bicyclic) bond motifs is 2. The van der Waals surface area contributed by atoms with Crippen molar-refractivity contribution in [2.45, 2.75) is 62.8 Å². The molecule has 4 atom stereocenters. The van der Waals surface area contributed by atoms with Crippen LogP contribution in [0.2, 0.25) is 0 Å². The average molecular weight is 448 g/mol. The SMILES string of the molecule is Cc1ccc(-c2nnc(C34CC5CCCC(NC(=O)c6ccc(F)cn6)(C3)C(C5)C4)o2)cn1.